The van der Waals surface area contributed by atoms with E-state index in [9.17, 15) is 14.7 Å². The zero-order chi connectivity index (χ0) is 23.9. The number of allylic oxidation sites excluding steroid dienone is 1. The quantitative estimate of drug-likeness (QED) is 0.576. The lowest BCUT2D eigenvalue weighted by Crippen LogP contribution is -2.39. The van der Waals surface area contributed by atoms with Crippen molar-refractivity contribution in [2.45, 2.75) is 12.5 Å². The number of rotatable bonds is 9. The number of amides is 1. The van der Waals surface area contributed by atoms with E-state index < -0.39 is 23.5 Å². The van der Waals surface area contributed by atoms with E-state index >= 15 is 0 Å². The molecule has 0 aliphatic carbocycles. The molecule has 1 saturated heterocycles. The Hall–Kier alpha value is -3.42. The van der Waals surface area contributed by atoms with Crippen LogP contribution >= 0.6 is 0 Å². The van der Waals surface area contributed by atoms with Crippen molar-refractivity contribution in [1.29, 1.82) is 0 Å². The first-order chi connectivity index (χ1) is 16.6. The Balaban J connectivity index is 1.59. The number of morpholine rings is 1. The monoisotopic (exact) mass is 462 g/mol. The molecule has 2 aromatic rings. The summed E-state index contributed by atoms with van der Waals surface area (Å²) in [4.78, 5) is 30.2. The summed E-state index contributed by atoms with van der Waals surface area (Å²) in [7, 11) is 1.57. The lowest BCUT2D eigenvalue weighted by molar-refractivity contribution is -0.129. The van der Waals surface area contributed by atoms with Gasteiger partial charge in [-0.25, -0.2) is 0 Å². The summed E-state index contributed by atoms with van der Waals surface area (Å²) in [5.41, 5.74) is 1.68. The highest BCUT2D eigenvalue weighted by Crippen LogP contribution is 2.39. The minimum Gasteiger partial charge on any atom is -0.503 e. The van der Waals surface area contributed by atoms with Crippen LogP contribution in [0, 0.1) is 0 Å². The van der Waals surface area contributed by atoms with Gasteiger partial charge in [-0.05, 0) is 35.8 Å². The molecule has 1 N–H and O–H groups in total. The van der Waals surface area contributed by atoms with Crippen molar-refractivity contribution in [2.24, 2.45) is 0 Å². The number of nitrogens with zero attached hydrogens (tertiary/aromatic N) is 2. The van der Waals surface area contributed by atoms with E-state index in [1.807, 2.05) is 48.5 Å². The first-order valence-electron chi connectivity index (χ1n) is 11.5. The molecule has 0 unspecified atom stereocenters. The summed E-state index contributed by atoms with van der Waals surface area (Å²) in [5.74, 6) is -0.775. The minimum absolute atomic E-state index is 0.0943. The van der Waals surface area contributed by atoms with Crippen LogP contribution in [0.2, 0.25) is 0 Å². The number of hydrogen-bond acceptors (Lipinski definition) is 6. The number of benzene rings is 2. The van der Waals surface area contributed by atoms with Crippen molar-refractivity contribution in [3.05, 3.63) is 83.1 Å². The number of hydrogen-bond donors (Lipinski definition) is 1. The molecule has 0 saturated carbocycles. The first kappa shape index (κ1) is 23.7. The third kappa shape index (κ3) is 5.38. The molecular weight excluding hydrogens is 432 g/mol. The fourth-order valence-corrected chi connectivity index (χ4v) is 4.41. The van der Waals surface area contributed by atoms with Crippen molar-refractivity contribution in [1.82, 2.24) is 9.80 Å². The predicted octanol–water partition coefficient (Wildman–Crippen LogP) is 3.40. The molecule has 2 aromatic carbocycles. The van der Waals surface area contributed by atoms with E-state index in [4.69, 9.17) is 9.47 Å². The highest BCUT2D eigenvalue weighted by Gasteiger charge is 2.42. The molecule has 1 fully saturated rings. The zero-order valence-corrected chi connectivity index (χ0v) is 19.4. The maximum Gasteiger partial charge on any atom is 0.290 e. The maximum absolute atomic E-state index is 13.2. The summed E-state index contributed by atoms with van der Waals surface area (Å²) >= 11 is 0. The standard InChI is InChI=1S/C27H30N2O5/c1-33-22-10-5-9-21(19-22)25-24(23(30)12-11-20-7-3-2-4-8-20)26(31)27(32)29(25)14-6-13-28-15-17-34-18-16-28/h2-5,7-12,19,25,31H,6,13-18H2,1H3/b12-11+/t25-/m0/s1. The van der Waals surface area contributed by atoms with Gasteiger partial charge in [0, 0.05) is 26.2 Å². The summed E-state index contributed by atoms with van der Waals surface area (Å²) in [5, 5.41) is 10.8. The van der Waals surface area contributed by atoms with Gasteiger partial charge in [-0.3, -0.25) is 14.5 Å². The van der Waals surface area contributed by atoms with Gasteiger partial charge in [-0.15, -0.1) is 0 Å². The second-order valence-corrected chi connectivity index (χ2v) is 8.36. The Labute approximate surface area is 199 Å². The summed E-state index contributed by atoms with van der Waals surface area (Å²) < 4.78 is 10.8. The van der Waals surface area contributed by atoms with Gasteiger partial charge in [0.15, 0.2) is 11.5 Å². The van der Waals surface area contributed by atoms with Crippen LogP contribution in [0.25, 0.3) is 6.08 Å². The molecule has 0 radical (unpaired) electrons. The maximum atomic E-state index is 13.2. The van der Waals surface area contributed by atoms with Crippen LogP contribution in [0.3, 0.4) is 0 Å². The molecule has 1 amide bonds. The van der Waals surface area contributed by atoms with Crippen molar-refractivity contribution in [2.75, 3.05) is 46.5 Å². The fraction of sp³-hybridized carbons (Fsp3) is 0.333. The largest absolute Gasteiger partial charge is 0.503 e. The lowest BCUT2D eigenvalue weighted by atomic mass is 9.95. The van der Waals surface area contributed by atoms with E-state index in [1.165, 1.54) is 6.08 Å². The molecule has 2 aliphatic rings. The Kier molecular flexibility index (Phi) is 7.77. The first-order valence-corrected chi connectivity index (χ1v) is 11.5. The van der Waals surface area contributed by atoms with E-state index in [2.05, 4.69) is 4.90 Å². The number of aliphatic hydroxyl groups is 1. The Morgan fingerprint density at radius 2 is 1.88 bits per heavy atom. The van der Waals surface area contributed by atoms with Crippen LogP contribution in [-0.4, -0.2) is 73.1 Å². The van der Waals surface area contributed by atoms with Crippen molar-refractivity contribution < 1.29 is 24.2 Å². The summed E-state index contributed by atoms with van der Waals surface area (Å²) in [6.07, 6.45) is 3.83. The van der Waals surface area contributed by atoms with Crippen molar-refractivity contribution in [3.63, 3.8) is 0 Å². The highest BCUT2D eigenvalue weighted by atomic mass is 16.5. The third-order valence-electron chi connectivity index (χ3n) is 6.18. The van der Waals surface area contributed by atoms with Crippen molar-refractivity contribution in [3.8, 4) is 5.75 Å². The molecule has 7 heteroatoms. The summed E-state index contributed by atoms with van der Waals surface area (Å²) in [6, 6.07) is 16.0. The average molecular weight is 463 g/mol. The zero-order valence-electron chi connectivity index (χ0n) is 19.4. The van der Waals surface area contributed by atoms with Gasteiger partial charge in [-0.2, -0.15) is 0 Å². The minimum atomic E-state index is -0.680. The van der Waals surface area contributed by atoms with E-state index in [0.29, 0.717) is 25.5 Å². The predicted molar refractivity (Wildman–Crippen MR) is 129 cm³/mol. The van der Waals surface area contributed by atoms with Gasteiger partial charge in [0.2, 0.25) is 0 Å². The molecule has 7 nitrogen and oxygen atoms in total. The van der Waals surface area contributed by atoms with Gasteiger partial charge in [-0.1, -0.05) is 48.5 Å². The number of ether oxygens (including phenoxy) is 2. The number of carbonyl (C=O) groups excluding carboxylic acids is 2. The summed E-state index contributed by atoms with van der Waals surface area (Å²) in [6.45, 7) is 4.39. The Morgan fingerprint density at radius 1 is 1.12 bits per heavy atom. The molecule has 178 valence electrons. The van der Waals surface area contributed by atoms with Gasteiger partial charge >= 0.3 is 0 Å². The van der Waals surface area contributed by atoms with Gasteiger partial charge < -0.3 is 19.5 Å². The molecule has 4 rings (SSSR count). The SMILES string of the molecule is COc1cccc([C@H]2C(C(=O)/C=C/c3ccccc3)=C(O)C(=O)N2CCCN2CCOCC2)c1. The van der Waals surface area contributed by atoms with E-state index in [-0.39, 0.29) is 5.57 Å². The Morgan fingerprint density at radius 3 is 2.62 bits per heavy atom. The number of methoxy groups -OCH3 is 1. The Bertz CT molecular complexity index is 1070. The molecule has 34 heavy (non-hydrogen) atoms. The number of carbonyl (C=O) groups is 2. The second kappa shape index (κ2) is 11.1. The van der Waals surface area contributed by atoms with Crippen LogP contribution in [0.1, 0.15) is 23.6 Å². The van der Waals surface area contributed by atoms with Crippen LogP contribution in [0.5, 0.6) is 5.75 Å². The smallest absolute Gasteiger partial charge is 0.290 e. The van der Waals surface area contributed by atoms with Crippen LogP contribution in [0.4, 0.5) is 0 Å². The molecule has 2 heterocycles. The molecular formula is C27H30N2O5. The molecule has 0 aromatic heterocycles. The van der Waals surface area contributed by atoms with Crippen LogP contribution < -0.4 is 4.74 Å². The number of aliphatic hydroxyl groups excluding tert-OH is 1. The molecule has 1 atom stereocenters. The van der Waals surface area contributed by atoms with Crippen LogP contribution in [-0.2, 0) is 14.3 Å². The molecule has 0 spiro atoms. The number of ketones is 1. The lowest BCUT2D eigenvalue weighted by Gasteiger charge is -2.30. The topological polar surface area (TPSA) is 79.3 Å². The van der Waals surface area contributed by atoms with Gasteiger partial charge in [0.25, 0.3) is 5.91 Å². The third-order valence-corrected chi connectivity index (χ3v) is 6.18. The van der Waals surface area contributed by atoms with Gasteiger partial charge in [0.05, 0.1) is 31.9 Å². The van der Waals surface area contributed by atoms with Crippen molar-refractivity contribution >= 4 is 17.8 Å². The van der Waals surface area contributed by atoms with Gasteiger partial charge in [0.1, 0.15) is 5.75 Å². The van der Waals surface area contributed by atoms with Crippen LogP contribution in [0.15, 0.2) is 72.0 Å². The van der Waals surface area contributed by atoms with E-state index in [0.717, 1.165) is 37.2 Å². The van der Waals surface area contributed by atoms with E-state index in [1.54, 1.807) is 24.2 Å². The fourth-order valence-electron chi connectivity index (χ4n) is 4.41. The molecule has 2 aliphatic heterocycles. The second-order valence-electron chi connectivity index (χ2n) is 8.36. The molecule has 0 bridgehead atoms. The highest BCUT2D eigenvalue weighted by molar-refractivity contribution is 6.14. The average Bonchev–Trinajstić information content (AvgIpc) is 3.14. The normalized spacial score (nSPS) is 19.3.